The molecule has 29 heavy (non-hydrogen) atoms. The second-order valence-corrected chi connectivity index (χ2v) is 8.97. The van der Waals surface area contributed by atoms with Gasteiger partial charge >= 0.3 is 5.97 Å². The second-order valence-electron chi connectivity index (χ2n) is 7.04. The van der Waals surface area contributed by atoms with E-state index in [0.717, 1.165) is 16.2 Å². The maximum atomic E-state index is 13.1. The van der Waals surface area contributed by atoms with Gasteiger partial charge in [0.25, 0.3) is 5.56 Å². The van der Waals surface area contributed by atoms with Crippen molar-refractivity contribution < 1.29 is 9.53 Å². The lowest BCUT2D eigenvalue weighted by molar-refractivity contribution is 0.0549. The number of aromatic nitrogens is 3. The molecule has 0 aromatic carbocycles. The van der Waals surface area contributed by atoms with Crippen LogP contribution >= 0.6 is 23.1 Å². The van der Waals surface area contributed by atoms with Gasteiger partial charge in [-0.15, -0.1) is 11.3 Å². The third kappa shape index (κ3) is 4.43. The minimum atomic E-state index is -0.530. The molecule has 0 aliphatic rings. The minimum absolute atomic E-state index is 0.0819. The molecule has 3 heterocycles. The Kier molecular flexibility index (Phi) is 6.54. The van der Waals surface area contributed by atoms with Crippen molar-refractivity contribution in [2.45, 2.75) is 32.9 Å². The number of hydrogen-bond acceptors (Lipinski definition) is 7. The maximum Gasteiger partial charge on any atom is 0.340 e. The van der Waals surface area contributed by atoms with Crippen LogP contribution in [0.1, 0.15) is 35.5 Å². The molecule has 0 bridgehead atoms. The SMILES string of the molecule is C=CCOC(=O)c1c(C)nc2nc(SCC(C)C)[nH]c(=O)c2c1-c1sccc1C. The van der Waals surface area contributed by atoms with Crippen molar-refractivity contribution in [2.24, 2.45) is 5.92 Å². The van der Waals surface area contributed by atoms with E-state index < -0.39 is 5.97 Å². The quantitative estimate of drug-likeness (QED) is 0.252. The average Bonchev–Trinajstić information content (AvgIpc) is 3.08. The molecule has 6 nitrogen and oxygen atoms in total. The highest BCUT2D eigenvalue weighted by atomic mass is 32.2. The number of nitrogens with zero attached hydrogens (tertiary/aromatic N) is 2. The predicted octanol–water partition coefficient (Wildman–Crippen LogP) is 4.75. The van der Waals surface area contributed by atoms with E-state index in [2.05, 4.69) is 35.4 Å². The zero-order valence-corrected chi connectivity index (χ0v) is 18.5. The van der Waals surface area contributed by atoms with Crippen molar-refractivity contribution in [3.63, 3.8) is 0 Å². The van der Waals surface area contributed by atoms with Crippen LogP contribution in [0.5, 0.6) is 0 Å². The third-order valence-corrected chi connectivity index (χ3v) is 6.53. The predicted molar refractivity (Wildman–Crippen MR) is 119 cm³/mol. The normalized spacial score (nSPS) is 11.2. The van der Waals surface area contributed by atoms with Gasteiger partial charge in [0.05, 0.1) is 16.6 Å². The number of H-pyrrole nitrogens is 1. The van der Waals surface area contributed by atoms with Gasteiger partial charge in [-0.2, -0.15) is 0 Å². The number of rotatable bonds is 7. The first-order valence-electron chi connectivity index (χ1n) is 9.23. The molecule has 0 amide bonds. The highest BCUT2D eigenvalue weighted by Gasteiger charge is 2.26. The zero-order valence-electron chi connectivity index (χ0n) is 16.9. The summed E-state index contributed by atoms with van der Waals surface area (Å²) in [5, 5.41) is 2.76. The molecule has 0 spiro atoms. The number of carbonyl (C=O) groups excluding carboxylic acids is 1. The molecule has 0 aliphatic carbocycles. The molecule has 0 fully saturated rings. The highest BCUT2D eigenvalue weighted by Crippen LogP contribution is 2.37. The number of hydrogen-bond donors (Lipinski definition) is 1. The number of nitrogens with one attached hydrogen (secondary N) is 1. The van der Waals surface area contributed by atoms with Crippen LogP contribution in [0, 0.1) is 19.8 Å². The van der Waals surface area contributed by atoms with Crippen LogP contribution in [0.3, 0.4) is 0 Å². The van der Waals surface area contributed by atoms with Gasteiger partial charge in [-0.3, -0.25) is 4.79 Å². The van der Waals surface area contributed by atoms with E-state index in [1.165, 1.54) is 29.2 Å². The molecule has 0 radical (unpaired) electrons. The average molecular weight is 430 g/mol. The zero-order chi connectivity index (χ0) is 21.1. The largest absolute Gasteiger partial charge is 0.458 e. The number of aromatic amines is 1. The van der Waals surface area contributed by atoms with E-state index in [9.17, 15) is 9.59 Å². The summed E-state index contributed by atoms with van der Waals surface area (Å²) in [6.07, 6.45) is 1.50. The smallest absolute Gasteiger partial charge is 0.340 e. The monoisotopic (exact) mass is 429 g/mol. The van der Waals surface area contributed by atoms with Crippen LogP contribution in [0.4, 0.5) is 0 Å². The Morgan fingerprint density at radius 1 is 1.38 bits per heavy atom. The summed E-state index contributed by atoms with van der Waals surface area (Å²) >= 11 is 2.95. The van der Waals surface area contributed by atoms with Crippen LogP contribution in [0.25, 0.3) is 21.5 Å². The topological polar surface area (TPSA) is 84.9 Å². The number of pyridine rings is 1. The van der Waals surface area contributed by atoms with Crippen molar-refractivity contribution in [2.75, 3.05) is 12.4 Å². The third-order valence-electron chi connectivity index (χ3n) is 4.19. The van der Waals surface area contributed by atoms with Crippen molar-refractivity contribution in [1.82, 2.24) is 15.0 Å². The van der Waals surface area contributed by atoms with Crippen LogP contribution in [-0.4, -0.2) is 33.3 Å². The minimum Gasteiger partial charge on any atom is -0.458 e. The molecule has 0 atom stereocenters. The summed E-state index contributed by atoms with van der Waals surface area (Å²) in [7, 11) is 0. The summed E-state index contributed by atoms with van der Waals surface area (Å²) in [6.45, 7) is 11.6. The van der Waals surface area contributed by atoms with Crippen LogP contribution in [0.2, 0.25) is 0 Å². The highest BCUT2D eigenvalue weighted by molar-refractivity contribution is 7.99. The number of ether oxygens (including phenoxy) is 1. The fraction of sp³-hybridized carbons (Fsp3) is 0.333. The lowest BCUT2D eigenvalue weighted by Crippen LogP contribution is -2.17. The molecule has 3 aromatic rings. The Morgan fingerprint density at radius 3 is 2.76 bits per heavy atom. The van der Waals surface area contributed by atoms with Gasteiger partial charge < -0.3 is 9.72 Å². The van der Waals surface area contributed by atoms with Crippen molar-refractivity contribution in [1.29, 1.82) is 0 Å². The Labute approximate surface area is 177 Å². The Bertz CT molecular complexity index is 1130. The van der Waals surface area contributed by atoms with E-state index >= 15 is 0 Å². The molecule has 1 N–H and O–H groups in total. The fourth-order valence-electron chi connectivity index (χ4n) is 2.89. The number of esters is 1. The lowest BCUT2D eigenvalue weighted by atomic mass is 9.99. The van der Waals surface area contributed by atoms with E-state index in [1.54, 1.807) is 6.92 Å². The molecule has 3 aromatic heterocycles. The van der Waals surface area contributed by atoms with Gasteiger partial charge in [-0.05, 0) is 36.8 Å². The summed E-state index contributed by atoms with van der Waals surface area (Å²) in [5.74, 6) is 0.760. The molecular formula is C21H23N3O3S2. The molecule has 0 aliphatic heterocycles. The van der Waals surface area contributed by atoms with E-state index in [0.29, 0.717) is 38.9 Å². The number of thiophene rings is 1. The lowest BCUT2D eigenvalue weighted by Gasteiger charge is -2.14. The van der Waals surface area contributed by atoms with Crippen molar-refractivity contribution in [3.8, 4) is 10.4 Å². The Hall–Kier alpha value is -2.45. The van der Waals surface area contributed by atoms with E-state index in [1.807, 2.05) is 18.4 Å². The molecule has 8 heteroatoms. The van der Waals surface area contributed by atoms with Crippen LogP contribution in [0.15, 0.2) is 34.1 Å². The molecule has 152 valence electrons. The number of aryl methyl sites for hydroxylation is 2. The second kappa shape index (κ2) is 8.92. The molecule has 3 rings (SSSR count). The van der Waals surface area contributed by atoms with Gasteiger partial charge in [0.1, 0.15) is 6.61 Å². The van der Waals surface area contributed by atoms with Gasteiger partial charge in [-0.25, -0.2) is 14.8 Å². The Balaban J connectivity index is 2.30. The number of carbonyl (C=O) groups is 1. The summed E-state index contributed by atoms with van der Waals surface area (Å²) in [4.78, 5) is 38.6. The molecular weight excluding hydrogens is 406 g/mol. The van der Waals surface area contributed by atoms with Crippen LogP contribution in [-0.2, 0) is 4.74 Å². The molecule has 0 saturated carbocycles. The first kappa shape index (κ1) is 21.3. The van der Waals surface area contributed by atoms with Gasteiger partial charge in [0.15, 0.2) is 10.8 Å². The number of fused-ring (bicyclic) bond motifs is 1. The Morgan fingerprint density at radius 2 is 2.14 bits per heavy atom. The molecule has 0 saturated heterocycles. The fourth-order valence-corrected chi connectivity index (χ4v) is 4.69. The van der Waals surface area contributed by atoms with Crippen molar-refractivity contribution in [3.05, 3.63) is 51.3 Å². The number of thioether (sulfide) groups is 1. The first-order valence-corrected chi connectivity index (χ1v) is 11.1. The van der Waals surface area contributed by atoms with Gasteiger partial charge in [-0.1, -0.05) is 38.3 Å². The van der Waals surface area contributed by atoms with Gasteiger partial charge in [0.2, 0.25) is 0 Å². The first-order chi connectivity index (χ1) is 13.8. The summed E-state index contributed by atoms with van der Waals surface area (Å²) in [6, 6.07) is 1.95. The maximum absolute atomic E-state index is 13.1. The molecule has 0 unspecified atom stereocenters. The summed E-state index contributed by atoms with van der Waals surface area (Å²) in [5.41, 5.74) is 2.29. The van der Waals surface area contributed by atoms with Crippen molar-refractivity contribution >= 4 is 40.1 Å². The standard InChI is InChI=1S/C21H23N3O3S2/c1-6-8-27-20(26)14-13(5)22-18-16(15(14)17-12(4)7-9-28-17)19(25)24-21(23-18)29-10-11(2)3/h6-7,9,11H,1,8,10H2,2-5H3,(H,22,23,24,25). The van der Waals surface area contributed by atoms with Crippen LogP contribution < -0.4 is 5.56 Å². The van der Waals surface area contributed by atoms with E-state index in [-0.39, 0.29) is 12.2 Å². The van der Waals surface area contributed by atoms with E-state index in [4.69, 9.17) is 4.74 Å². The van der Waals surface area contributed by atoms with Gasteiger partial charge in [0, 0.05) is 16.2 Å². The summed E-state index contributed by atoms with van der Waals surface area (Å²) < 4.78 is 5.28.